The molecule has 0 saturated carbocycles. The molecule has 0 unspecified atom stereocenters. The SMILES string of the molecule is O=C1CCc2cc(-c3cccc(OC(F)(F)F)c3)ccc2C1. The van der Waals surface area contributed by atoms with Crippen molar-refractivity contribution in [3.8, 4) is 16.9 Å². The smallest absolute Gasteiger partial charge is 0.406 e. The van der Waals surface area contributed by atoms with E-state index in [2.05, 4.69) is 4.74 Å². The molecule has 0 aromatic heterocycles. The maximum absolute atomic E-state index is 12.3. The van der Waals surface area contributed by atoms with Crippen LogP contribution >= 0.6 is 0 Å². The zero-order chi connectivity index (χ0) is 15.7. The molecule has 2 aromatic rings. The standard InChI is InChI=1S/C17H13F3O2/c18-17(19,20)22-16-3-1-2-11(10-16)12-4-5-14-9-15(21)7-6-13(14)8-12/h1-5,8,10H,6-7,9H2. The number of halogens is 3. The summed E-state index contributed by atoms with van der Waals surface area (Å²) >= 11 is 0. The molecule has 114 valence electrons. The van der Waals surface area contributed by atoms with Crippen molar-refractivity contribution >= 4 is 5.78 Å². The molecule has 0 bridgehead atoms. The summed E-state index contributed by atoms with van der Waals surface area (Å²) < 4.78 is 40.8. The number of alkyl halides is 3. The molecule has 0 N–H and O–H groups in total. The second kappa shape index (κ2) is 5.48. The number of ketones is 1. The van der Waals surface area contributed by atoms with Crippen LogP contribution in [0.25, 0.3) is 11.1 Å². The molecule has 1 aliphatic rings. The van der Waals surface area contributed by atoms with Crippen molar-refractivity contribution in [3.63, 3.8) is 0 Å². The highest BCUT2D eigenvalue weighted by molar-refractivity contribution is 5.83. The molecule has 0 saturated heterocycles. The third kappa shape index (κ3) is 3.30. The van der Waals surface area contributed by atoms with Gasteiger partial charge in [-0.15, -0.1) is 13.2 Å². The lowest BCUT2D eigenvalue weighted by Gasteiger charge is -2.16. The highest BCUT2D eigenvalue weighted by Crippen LogP contribution is 2.30. The molecule has 0 fully saturated rings. The van der Waals surface area contributed by atoms with Crippen LogP contribution in [0, 0.1) is 0 Å². The number of ether oxygens (including phenoxy) is 1. The first-order valence-corrected chi connectivity index (χ1v) is 6.90. The summed E-state index contributed by atoms with van der Waals surface area (Å²) in [6.07, 6.45) is -3.06. The van der Waals surface area contributed by atoms with Crippen LogP contribution in [0.2, 0.25) is 0 Å². The number of fused-ring (bicyclic) bond motifs is 1. The lowest BCUT2D eigenvalue weighted by atomic mass is 9.88. The molecule has 0 aliphatic heterocycles. The van der Waals surface area contributed by atoms with Crippen LogP contribution < -0.4 is 4.74 Å². The van der Waals surface area contributed by atoms with E-state index in [0.717, 1.165) is 16.7 Å². The van der Waals surface area contributed by atoms with Crippen molar-refractivity contribution in [2.45, 2.75) is 25.6 Å². The molecule has 1 aliphatic carbocycles. The first-order valence-electron chi connectivity index (χ1n) is 6.90. The van der Waals surface area contributed by atoms with Gasteiger partial charge in [-0.25, -0.2) is 0 Å². The fourth-order valence-corrected chi connectivity index (χ4v) is 2.66. The van der Waals surface area contributed by atoms with Crippen molar-refractivity contribution in [2.75, 3.05) is 0 Å². The molecule has 3 rings (SSSR count). The van der Waals surface area contributed by atoms with Gasteiger partial charge in [0.25, 0.3) is 0 Å². The zero-order valence-corrected chi connectivity index (χ0v) is 11.6. The summed E-state index contributed by atoms with van der Waals surface area (Å²) in [6, 6.07) is 11.5. The first kappa shape index (κ1) is 14.6. The van der Waals surface area contributed by atoms with E-state index in [0.29, 0.717) is 24.8 Å². The van der Waals surface area contributed by atoms with Crippen LogP contribution in [0.3, 0.4) is 0 Å². The Bertz CT molecular complexity index is 720. The van der Waals surface area contributed by atoms with Gasteiger partial charge in [-0.2, -0.15) is 0 Å². The van der Waals surface area contributed by atoms with E-state index >= 15 is 0 Å². The van der Waals surface area contributed by atoms with E-state index in [9.17, 15) is 18.0 Å². The lowest BCUT2D eigenvalue weighted by Crippen LogP contribution is -2.17. The number of Topliss-reactive ketones (excluding diaryl/α,β-unsaturated/α-hetero) is 1. The number of hydrogen-bond acceptors (Lipinski definition) is 2. The highest BCUT2D eigenvalue weighted by Gasteiger charge is 2.31. The van der Waals surface area contributed by atoms with Gasteiger partial charge in [-0.1, -0.05) is 30.3 Å². The number of hydrogen-bond donors (Lipinski definition) is 0. The summed E-state index contributed by atoms with van der Waals surface area (Å²) in [4.78, 5) is 11.4. The molecule has 5 heteroatoms. The predicted octanol–water partition coefficient (Wildman–Crippen LogP) is 4.31. The number of carbonyl (C=O) groups excluding carboxylic acids is 1. The Hall–Kier alpha value is -2.30. The largest absolute Gasteiger partial charge is 0.573 e. The highest BCUT2D eigenvalue weighted by atomic mass is 19.4. The van der Waals surface area contributed by atoms with E-state index in [1.807, 2.05) is 18.2 Å². The van der Waals surface area contributed by atoms with Gasteiger partial charge in [0.2, 0.25) is 0 Å². The number of rotatable bonds is 2. The number of aryl methyl sites for hydroxylation is 1. The van der Waals surface area contributed by atoms with Gasteiger partial charge in [-0.3, -0.25) is 4.79 Å². The fourth-order valence-electron chi connectivity index (χ4n) is 2.66. The average Bonchev–Trinajstić information content (AvgIpc) is 2.45. The molecule has 22 heavy (non-hydrogen) atoms. The van der Waals surface area contributed by atoms with Crippen LogP contribution in [0.1, 0.15) is 17.5 Å². The Morgan fingerprint density at radius 3 is 2.45 bits per heavy atom. The Morgan fingerprint density at radius 2 is 1.68 bits per heavy atom. The molecule has 2 aromatic carbocycles. The van der Waals surface area contributed by atoms with Crippen molar-refractivity contribution in [1.29, 1.82) is 0 Å². The van der Waals surface area contributed by atoms with Gasteiger partial charge in [0.1, 0.15) is 11.5 Å². The molecular formula is C17H13F3O2. The second-order valence-corrected chi connectivity index (χ2v) is 5.27. The van der Waals surface area contributed by atoms with E-state index < -0.39 is 6.36 Å². The molecular weight excluding hydrogens is 293 g/mol. The molecule has 0 amide bonds. The Balaban J connectivity index is 1.91. The van der Waals surface area contributed by atoms with Gasteiger partial charge < -0.3 is 4.74 Å². The minimum atomic E-state index is -4.70. The van der Waals surface area contributed by atoms with Gasteiger partial charge in [0, 0.05) is 12.8 Å². The van der Waals surface area contributed by atoms with Crippen molar-refractivity contribution in [1.82, 2.24) is 0 Å². The first-order chi connectivity index (χ1) is 10.4. The maximum Gasteiger partial charge on any atom is 0.573 e. The summed E-state index contributed by atoms with van der Waals surface area (Å²) in [5.74, 6) is -0.0151. The number of carbonyl (C=O) groups is 1. The Labute approximate surface area is 125 Å². The zero-order valence-electron chi connectivity index (χ0n) is 11.6. The van der Waals surface area contributed by atoms with Gasteiger partial charge in [0.05, 0.1) is 0 Å². The minimum absolute atomic E-state index is 0.223. The fraction of sp³-hybridized carbons (Fsp3) is 0.235. The van der Waals surface area contributed by atoms with E-state index in [4.69, 9.17) is 0 Å². The molecule has 2 nitrogen and oxygen atoms in total. The van der Waals surface area contributed by atoms with Crippen LogP contribution in [-0.2, 0) is 17.6 Å². The van der Waals surface area contributed by atoms with Crippen molar-refractivity contribution in [3.05, 3.63) is 53.6 Å². The van der Waals surface area contributed by atoms with Crippen LogP contribution in [0.4, 0.5) is 13.2 Å². The minimum Gasteiger partial charge on any atom is -0.406 e. The van der Waals surface area contributed by atoms with Gasteiger partial charge in [-0.05, 0) is 40.8 Å². The molecule has 0 heterocycles. The monoisotopic (exact) mass is 306 g/mol. The van der Waals surface area contributed by atoms with Gasteiger partial charge >= 0.3 is 6.36 Å². The second-order valence-electron chi connectivity index (χ2n) is 5.27. The van der Waals surface area contributed by atoms with E-state index in [1.165, 1.54) is 18.2 Å². The predicted molar refractivity (Wildman–Crippen MR) is 75.6 cm³/mol. The maximum atomic E-state index is 12.3. The lowest BCUT2D eigenvalue weighted by molar-refractivity contribution is -0.274. The summed E-state index contributed by atoms with van der Waals surface area (Å²) in [6.45, 7) is 0. The van der Waals surface area contributed by atoms with Crippen molar-refractivity contribution in [2.24, 2.45) is 0 Å². The van der Waals surface area contributed by atoms with E-state index in [1.54, 1.807) is 6.07 Å². The Morgan fingerprint density at radius 1 is 0.909 bits per heavy atom. The molecule has 0 radical (unpaired) electrons. The molecule has 0 spiro atoms. The summed E-state index contributed by atoms with van der Waals surface area (Å²) in [7, 11) is 0. The third-order valence-electron chi connectivity index (χ3n) is 3.67. The summed E-state index contributed by atoms with van der Waals surface area (Å²) in [5.41, 5.74) is 3.56. The van der Waals surface area contributed by atoms with E-state index in [-0.39, 0.29) is 11.5 Å². The molecule has 0 atom stereocenters. The topological polar surface area (TPSA) is 26.3 Å². The quantitative estimate of drug-likeness (QED) is 0.826. The average molecular weight is 306 g/mol. The van der Waals surface area contributed by atoms with Crippen molar-refractivity contribution < 1.29 is 22.7 Å². The summed E-state index contributed by atoms with van der Waals surface area (Å²) in [5, 5.41) is 0. The van der Waals surface area contributed by atoms with Crippen LogP contribution in [-0.4, -0.2) is 12.1 Å². The van der Waals surface area contributed by atoms with Gasteiger partial charge in [0.15, 0.2) is 0 Å². The Kier molecular flexibility index (Phi) is 3.64. The van der Waals surface area contributed by atoms with Crippen LogP contribution in [0.15, 0.2) is 42.5 Å². The third-order valence-corrected chi connectivity index (χ3v) is 3.67. The number of benzene rings is 2. The normalized spacial score (nSPS) is 14.6. The van der Waals surface area contributed by atoms with Crippen LogP contribution in [0.5, 0.6) is 5.75 Å².